The number of carboxylic acids is 1. The molecule has 0 bridgehead atoms. The molecule has 8 heteroatoms. The summed E-state index contributed by atoms with van der Waals surface area (Å²) < 4.78 is 33.8. The Morgan fingerprint density at radius 1 is 1.32 bits per heavy atom. The van der Waals surface area contributed by atoms with Crippen LogP contribution in [-0.4, -0.2) is 36.7 Å². The van der Waals surface area contributed by atoms with Crippen molar-refractivity contribution in [2.75, 3.05) is 7.11 Å². The van der Waals surface area contributed by atoms with E-state index in [1.54, 1.807) is 0 Å². The first-order valence-corrected chi connectivity index (χ1v) is 6.57. The largest absolute Gasteiger partial charge is 0.493 e. The molecule has 1 aromatic rings. The molecule has 1 amide bonds. The molecule has 120 valence electrons. The van der Waals surface area contributed by atoms with Crippen LogP contribution in [0.2, 0.25) is 0 Å². The molecule has 2 N–H and O–H groups in total. The van der Waals surface area contributed by atoms with Gasteiger partial charge in [-0.2, -0.15) is 8.78 Å². The van der Waals surface area contributed by atoms with Gasteiger partial charge in [-0.25, -0.2) is 0 Å². The zero-order valence-corrected chi connectivity index (χ0v) is 11.7. The molecule has 6 nitrogen and oxygen atoms in total. The van der Waals surface area contributed by atoms with E-state index < -0.39 is 24.4 Å². The van der Waals surface area contributed by atoms with Gasteiger partial charge in [0.15, 0.2) is 11.5 Å². The van der Waals surface area contributed by atoms with Gasteiger partial charge >= 0.3 is 12.6 Å². The van der Waals surface area contributed by atoms with Crippen molar-refractivity contribution in [1.82, 2.24) is 5.32 Å². The average Bonchev–Trinajstić information content (AvgIpc) is 2.40. The SMILES string of the molecule is COc1ccc(C(=O)NC2CC(C(=O)O)C2)cc1OC(F)F. The van der Waals surface area contributed by atoms with E-state index in [9.17, 15) is 18.4 Å². The van der Waals surface area contributed by atoms with Gasteiger partial charge in [-0.15, -0.1) is 0 Å². The quantitative estimate of drug-likeness (QED) is 0.837. The van der Waals surface area contributed by atoms with E-state index in [2.05, 4.69) is 10.1 Å². The van der Waals surface area contributed by atoms with Crippen molar-refractivity contribution < 1.29 is 33.0 Å². The van der Waals surface area contributed by atoms with Crippen LogP contribution in [0.1, 0.15) is 23.2 Å². The van der Waals surface area contributed by atoms with Crippen LogP contribution in [0.15, 0.2) is 18.2 Å². The van der Waals surface area contributed by atoms with Crippen LogP contribution in [-0.2, 0) is 4.79 Å². The number of halogens is 2. The number of hydrogen-bond donors (Lipinski definition) is 2. The van der Waals surface area contributed by atoms with Gasteiger partial charge < -0.3 is 19.9 Å². The maximum Gasteiger partial charge on any atom is 0.387 e. The summed E-state index contributed by atoms with van der Waals surface area (Å²) in [5, 5.41) is 11.4. The Balaban J connectivity index is 2.02. The first-order valence-electron chi connectivity index (χ1n) is 6.57. The minimum Gasteiger partial charge on any atom is -0.493 e. The number of methoxy groups -OCH3 is 1. The lowest BCUT2D eigenvalue weighted by molar-refractivity contribution is -0.145. The highest BCUT2D eigenvalue weighted by Crippen LogP contribution is 2.31. The van der Waals surface area contributed by atoms with E-state index in [1.165, 1.54) is 19.2 Å². The molecule has 0 atom stereocenters. The molecule has 1 aromatic carbocycles. The molecule has 1 saturated carbocycles. The molecule has 22 heavy (non-hydrogen) atoms. The Morgan fingerprint density at radius 3 is 2.55 bits per heavy atom. The second kappa shape index (κ2) is 6.59. The summed E-state index contributed by atoms with van der Waals surface area (Å²) in [6.45, 7) is -3.03. The van der Waals surface area contributed by atoms with Crippen molar-refractivity contribution in [2.45, 2.75) is 25.5 Å². The average molecular weight is 315 g/mol. The summed E-state index contributed by atoms with van der Waals surface area (Å²) in [4.78, 5) is 22.7. The summed E-state index contributed by atoms with van der Waals surface area (Å²) in [7, 11) is 1.30. The Morgan fingerprint density at radius 2 is 2.00 bits per heavy atom. The van der Waals surface area contributed by atoms with Crippen molar-refractivity contribution in [3.05, 3.63) is 23.8 Å². The maximum absolute atomic E-state index is 12.3. The summed E-state index contributed by atoms with van der Waals surface area (Å²) in [5.41, 5.74) is 0.134. The van der Waals surface area contributed by atoms with Gasteiger partial charge in [-0.3, -0.25) is 9.59 Å². The second-order valence-electron chi connectivity index (χ2n) is 4.92. The zero-order chi connectivity index (χ0) is 16.3. The Kier molecular flexibility index (Phi) is 4.79. The fraction of sp³-hybridized carbons (Fsp3) is 0.429. The predicted molar refractivity (Wildman–Crippen MR) is 71.2 cm³/mol. The van der Waals surface area contributed by atoms with Crippen LogP contribution in [0, 0.1) is 5.92 Å². The molecule has 0 aliphatic heterocycles. The molecule has 1 aliphatic rings. The number of benzene rings is 1. The van der Waals surface area contributed by atoms with Crippen molar-refractivity contribution >= 4 is 11.9 Å². The molecule has 0 aromatic heterocycles. The smallest absolute Gasteiger partial charge is 0.387 e. The summed E-state index contributed by atoms with van der Waals surface area (Å²) in [6.07, 6.45) is 0.717. The fourth-order valence-corrected chi connectivity index (χ4v) is 2.21. The highest BCUT2D eigenvalue weighted by molar-refractivity contribution is 5.95. The monoisotopic (exact) mass is 315 g/mol. The van der Waals surface area contributed by atoms with E-state index in [0.717, 1.165) is 6.07 Å². The number of rotatable bonds is 6. The third-order valence-corrected chi connectivity index (χ3v) is 3.46. The number of amides is 1. The maximum atomic E-state index is 12.3. The minimum absolute atomic E-state index is 0.0893. The predicted octanol–water partition coefficient (Wildman–Crippen LogP) is 1.89. The van der Waals surface area contributed by atoms with Gasteiger partial charge in [-0.1, -0.05) is 0 Å². The molecule has 1 aliphatic carbocycles. The van der Waals surface area contributed by atoms with Crippen LogP contribution < -0.4 is 14.8 Å². The summed E-state index contributed by atoms with van der Waals surface area (Å²) in [6, 6.07) is 3.70. The van der Waals surface area contributed by atoms with E-state index in [1.807, 2.05) is 0 Å². The molecule has 1 fully saturated rings. The number of carbonyl (C=O) groups excluding carboxylic acids is 1. The van der Waals surface area contributed by atoms with Gasteiger partial charge in [-0.05, 0) is 31.0 Å². The number of ether oxygens (including phenoxy) is 2. The minimum atomic E-state index is -3.03. The lowest BCUT2D eigenvalue weighted by atomic mass is 9.80. The molecule has 0 saturated heterocycles. The molecule has 2 rings (SSSR count). The van der Waals surface area contributed by atoms with Gasteiger partial charge in [0.2, 0.25) is 0 Å². The number of nitrogens with one attached hydrogen (secondary N) is 1. The number of aliphatic carboxylic acids is 1. The fourth-order valence-electron chi connectivity index (χ4n) is 2.21. The van der Waals surface area contributed by atoms with Gasteiger partial charge in [0.25, 0.3) is 5.91 Å². The molecule has 0 spiro atoms. The first kappa shape index (κ1) is 16.0. The van der Waals surface area contributed by atoms with Crippen molar-refractivity contribution in [3.8, 4) is 11.5 Å². The zero-order valence-electron chi connectivity index (χ0n) is 11.7. The third kappa shape index (κ3) is 3.63. The Labute approximate surface area is 125 Å². The lowest BCUT2D eigenvalue weighted by Crippen LogP contribution is -2.46. The molecule has 0 heterocycles. The van der Waals surface area contributed by atoms with Gasteiger partial charge in [0, 0.05) is 11.6 Å². The molecule has 0 unspecified atom stereocenters. The van der Waals surface area contributed by atoms with Crippen LogP contribution in [0.25, 0.3) is 0 Å². The van der Waals surface area contributed by atoms with Gasteiger partial charge in [0.1, 0.15) is 0 Å². The van der Waals surface area contributed by atoms with Crippen LogP contribution in [0.5, 0.6) is 11.5 Å². The van der Waals surface area contributed by atoms with E-state index in [0.29, 0.717) is 12.8 Å². The Bertz CT molecular complexity index is 572. The van der Waals surface area contributed by atoms with Crippen molar-refractivity contribution in [2.24, 2.45) is 5.92 Å². The van der Waals surface area contributed by atoms with Crippen LogP contribution >= 0.6 is 0 Å². The lowest BCUT2D eigenvalue weighted by Gasteiger charge is -2.32. The van der Waals surface area contributed by atoms with E-state index in [-0.39, 0.29) is 23.1 Å². The molecule has 0 radical (unpaired) electrons. The van der Waals surface area contributed by atoms with E-state index >= 15 is 0 Å². The van der Waals surface area contributed by atoms with Gasteiger partial charge in [0.05, 0.1) is 13.0 Å². The molecular formula is C14H15F2NO5. The standard InChI is InChI=1S/C14H15F2NO5/c1-21-10-3-2-7(6-11(10)22-14(15)16)12(18)17-9-4-8(5-9)13(19)20/h2-3,6,8-9,14H,4-5H2,1H3,(H,17,18)(H,19,20). The van der Waals surface area contributed by atoms with Crippen molar-refractivity contribution in [3.63, 3.8) is 0 Å². The number of carbonyl (C=O) groups is 2. The number of carboxylic acid groups (broad SMARTS) is 1. The number of hydrogen-bond acceptors (Lipinski definition) is 4. The third-order valence-electron chi connectivity index (χ3n) is 3.46. The highest BCUT2D eigenvalue weighted by Gasteiger charge is 2.35. The topological polar surface area (TPSA) is 84.9 Å². The van der Waals surface area contributed by atoms with Crippen LogP contribution in [0.4, 0.5) is 8.78 Å². The Hall–Kier alpha value is -2.38. The van der Waals surface area contributed by atoms with E-state index in [4.69, 9.17) is 9.84 Å². The molecular weight excluding hydrogens is 300 g/mol. The summed E-state index contributed by atoms with van der Waals surface area (Å²) >= 11 is 0. The number of alkyl halides is 2. The second-order valence-corrected chi connectivity index (χ2v) is 4.92. The highest BCUT2D eigenvalue weighted by atomic mass is 19.3. The normalized spacial score (nSPS) is 20.2. The summed E-state index contributed by atoms with van der Waals surface area (Å²) in [5.74, 6) is -1.95. The van der Waals surface area contributed by atoms with Crippen molar-refractivity contribution in [1.29, 1.82) is 0 Å². The first-order chi connectivity index (χ1) is 10.4. The van der Waals surface area contributed by atoms with Crippen LogP contribution in [0.3, 0.4) is 0 Å².